The van der Waals surface area contributed by atoms with E-state index in [1.807, 2.05) is 37.1 Å². The van der Waals surface area contributed by atoms with E-state index < -0.39 is 0 Å². The zero-order valence-electron chi connectivity index (χ0n) is 8.90. The van der Waals surface area contributed by atoms with Crippen molar-refractivity contribution < 1.29 is 4.52 Å². The van der Waals surface area contributed by atoms with E-state index in [0.29, 0.717) is 6.54 Å². The summed E-state index contributed by atoms with van der Waals surface area (Å²) < 4.78 is 7.01. The Kier molecular flexibility index (Phi) is 2.82. The van der Waals surface area contributed by atoms with Crippen molar-refractivity contribution in [3.63, 3.8) is 0 Å². The minimum atomic E-state index is 0.630. The average molecular weight is 206 g/mol. The molecule has 2 rings (SSSR count). The Labute approximate surface area is 88.1 Å². The molecule has 0 spiro atoms. The van der Waals surface area contributed by atoms with Gasteiger partial charge in [0.25, 0.3) is 0 Å². The van der Waals surface area contributed by atoms with E-state index >= 15 is 0 Å². The highest BCUT2D eigenvalue weighted by Gasteiger charge is 2.04. The number of nitrogens with one attached hydrogen (secondary N) is 1. The van der Waals surface area contributed by atoms with Gasteiger partial charge in [-0.1, -0.05) is 5.16 Å². The van der Waals surface area contributed by atoms with Gasteiger partial charge in [-0.2, -0.15) is 5.10 Å². The number of hydrogen-bond donors (Lipinski definition) is 1. The number of nitrogens with zero attached hydrogens (tertiary/aromatic N) is 3. The Morgan fingerprint density at radius 2 is 2.40 bits per heavy atom. The Morgan fingerprint density at radius 1 is 1.53 bits per heavy atom. The molecule has 2 aromatic rings. The maximum atomic E-state index is 5.18. The molecule has 0 aliphatic rings. The molecule has 2 aromatic heterocycles. The third-order valence-electron chi connectivity index (χ3n) is 2.05. The van der Waals surface area contributed by atoms with Crippen molar-refractivity contribution in [1.29, 1.82) is 0 Å². The summed E-state index contributed by atoms with van der Waals surface area (Å²) in [6.45, 7) is 3.36. The fraction of sp³-hybridized carbons (Fsp3) is 0.400. The number of hydrogen-bond acceptors (Lipinski definition) is 4. The van der Waals surface area contributed by atoms with Crippen molar-refractivity contribution in [3.05, 3.63) is 35.5 Å². The van der Waals surface area contributed by atoms with E-state index in [0.717, 1.165) is 23.6 Å². The van der Waals surface area contributed by atoms with Gasteiger partial charge in [0.2, 0.25) is 0 Å². The summed E-state index contributed by atoms with van der Waals surface area (Å²) in [5.74, 6) is 0.823. The summed E-state index contributed by atoms with van der Waals surface area (Å²) in [6.07, 6.45) is 3.80. The Morgan fingerprint density at radius 3 is 3.07 bits per heavy atom. The van der Waals surface area contributed by atoms with Gasteiger partial charge < -0.3 is 9.84 Å². The van der Waals surface area contributed by atoms with Crippen LogP contribution in [0.25, 0.3) is 0 Å². The quantitative estimate of drug-likeness (QED) is 0.809. The minimum Gasteiger partial charge on any atom is -0.359 e. The molecular weight excluding hydrogens is 192 g/mol. The summed E-state index contributed by atoms with van der Waals surface area (Å²) in [5, 5.41) is 11.1. The van der Waals surface area contributed by atoms with Gasteiger partial charge in [0, 0.05) is 18.8 Å². The molecule has 80 valence electrons. The lowest BCUT2D eigenvalue weighted by Gasteiger charge is -1.94. The zero-order valence-corrected chi connectivity index (χ0v) is 8.90. The molecule has 0 aromatic carbocycles. The zero-order chi connectivity index (χ0) is 10.7. The molecule has 0 radical (unpaired) electrons. The predicted molar refractivity (Wildman–Crippen MR) is 55.3 cm³/mol. The molecule has 1 N–H and O–H groups in total. The highest BCUT2D eigenvalue weighted by atomic mass is 16.5. The first-order valence-electron chi connectivity index (χ1n) is 4.86. The minimum absolute atomic E-state index is 0.630. The molecule has 2 heterocycles. The Balaban J connectivity index is 2.04. The molecule has 0 amide bonds. The number of aromatic nitrogens is 3. The van der Waals surface area contributed by atoms with E-state index in [-0.39, 0.29) is 0 Å². The van der Waals surface area contributed by atoms with Gasteiger partial charge in [-0.3, -0.25) is 4.68 Å². The highest BCUT2D eigenvalue weighted by molar-refractivity contribution is 5.07. The van der Waals surface area contributed by atoms with Crippen molar-refractivity contribution >= 4 is 0 Å². The Hall–Kier alpha value is -1.62. The summed E-state index contributed by atoms with van der Waals surface area (Å²) >= 11 is 0. The van der Waals surface area contributed by atoms with Crippen LogP contribution in [-0.4, -0.2) is 22.0 Å². The predicted octanol–water partition coefficient (Wildman–Crippen LogP) is 0.947. The lowest BCUT2D eigenvalue weighted by Crippen LogP contribution is -2.04. The van der Waals surface area contributed by atoms with Gasteiger partial charge in [-0.15, -0.1) is 0 Å². The molecular formula is C10H14N4O. The fourth-order valence-corrected chi connectivity index (χ4v) is 1.41. The highest BCUT2D eigenvalue weighted by Crippen LogP contribution is 2.06. The Bertz CT molecular complexity index is 432. The number of rotatable bonds is 4. The molecule has 15 heavy (non-hydrogen) atoms. The van der Waals surface area contributed by atoms with E-state index in [1.165, 1.54) is 0 Å². The van der Waals surface area contributed by atoms with Gasteiger partial charge in [0.15, 0.2) is 5.76 Å². The van der Waals surface area contributed by atoms with Crippen LogP contribution in [0.4, 0.5) is 0 Å². The molecule has 5 heteroatoms. The third-order valence-corrected chi connectivity index (χ3v) is 2.05. The molecule has 0 atom stereocenters. The maximum Gasteiger partial charge on any atom is 0.158 e. The van der Waals surface area contributed by atoms with Crippen LogP contribution in [0.1, 0.15) is 17.0 Å². The molecule has 0 saturated heterocycles. The van der Waals surface area contributed by atoms with Crippen LogP contribution >= 0.6 is 0 Å². The van der Waals surface area contributed by atoms with E-state index in [4.69, 9.17) is 4.52 Å². The van der Waals surface area contributed by atoms with Crippen molar-refractivity contribution in [2.45, 2.75) is 20.0 Å². The second-order valence-electron chi connectivity index (χ2n) is 3.53. The van der Waals surface area contributed by atoms with Crippen LogP contribution in [0.2, 0.25) is 0 Å². The normalized spacial score (nSPS) is 10.8. The summed E-state index contributed by atoms with van der Waals surface area (Å²) in [6, 6.07) is 1.94. The smallest absolute Gasteiger partial charge is 0.158 e. The topological polar surface area (TPSA) is 55.9 Å². The lowest BCUT2D eigenvalue weighted by molar-refractivity contribution is 0.365. The van der Waals surface area contributed by atoms with Gasteiger partial charge in [0.1, 0.15) is 6.54 Å². The van der Waals surface area contributed by atoms with Crippen molar-refractivity contribution in [3.8, 4) is 0 Å². The second-order valence-corrected chi connectivity index (χ2v) is 3.53. The lowest BCUT2D eigenvalue weighted by atomic mass is 10.3. The van der Waals surface area contributed by atoms with E-state index in [1.54, 1.807) is 0 Å². The summed E-state index contributed by atoms with van der Waals surface area (Å²) in [7, 11) is 1.88. The second kappa shape index (κ2) is 4.27. The van der Waals surface area contributed by atoms with Gasteiger partial charge in [-0.25, -0.2) is 0 Å². The monoisotopic (exact) mass is 206 g/mol. The SMILES string of the molecule is CNCc1cc(Cn2cc(C)cn2)on1. The third kappa shape index (κ3) is 2.44. The van der Waals surface area contributed by atoms with Crippen LogP contribution < -0.4 is 5.32 Å². The van der Waals surface area contributed by atoms with Crippen LogP contribution in [-0.2, 0) is 13.1 Å². The van der Waals surface area contributed by atoms with Gasteiger partial charge in [0.05, 0.1) is 11.9 Å². The van der Waals surface area contributed by atoms with Crippen molar-refractivity contribution in [1.82, 2.24) is 20.3 Å². The van der Waals surface area contributed by atoms with Gasteiger partial charge in [-0.05, 0) is 19.5 Å². The summed E-state index contributed by atoms with van der Waals surface area (Å²) in [4.78, 5) is 0. The van der Waals surface area contributed by atoms with Crippen molar-refractivity contribution in [2.24, 2.45) is 0 Å². The first-order valence-corrected chi connectivity index (χ1v) is 4.86. The van der Waals surface area contributed by atoms with E-state index in [9.17, 15) is 0 Å². The molecule has 5 nitrogen and oxygen atoms in total. The van der Waals surface area contributed by atoms with Crippen molar-refractivity contribution in [2.75, 3.05) is 7.05 Å². The molecule has 0 fully saturated rings. The first-order chi connectivity index (χ1) is 7.28. The molecule has 0 bridgehead atoms. The average Bonchev–Trinajstić information content (AvgIpc) is 2.78. The molecule has 0 unspecified atom stereocenters. The largest absolute Gasteiger partial charge is 0.359 e. The van der Waals surface area contributed by atoms with Gasteiger partial charge >= 0.3 is 0 Å². The standard InChI is InChI=1S/C10H14N4O/c1-8-4-12-14(6-8)7-10-3-9(5-11-2)13-15-10/h3-4,6,11H,5,7H2,1-2H3. The fourth-order valence-electron chi connectivity index (χ4n) is 1.41. The molecule has 0 saturated carbocycles. The summed E-state index contributed by atoms with van der Waals surface area (Å²) in [5.41, 5.74) is 2.06. The van der Waals surface area contributed by atoms with Crippen LogP contribution in [0.15, 0.2) is 23.0 Å². The van der Waals surface area contributed by atoms with Crippen LogP contribution in [0.5, 0.6) is 0 Å². The molecule has 0 aliphatic carbocycles. The first kappa shape index (κ1) is 9.92. The van der Waals surface area contributed by atoms with Crippen LogP contribution in [0.3, 0.4) is 0 Å². The molecule has 0 aliphatic heterocycles. The number of aryl methyl sites for hydroxylation is 1. The van der Waals surface area contributed by atoms with Crippen LogP contribution in [0, 0.1) is 6.92 Å². The van der Waals surface area contributed by atoms with E-state index in [2.05, 4.69) is 15.6 Å². The maximum absolute atomic E-state index is 5.18.